The first-order valence-corrected chi connectivity index (χ1v) is 6.78. The Morgan fingerprint density at radius 1 is 1.24 bits per heavy atom. The van der Waals surface area contributed by atoms with E-state index in [2.05, 4.69) is 5.32 Å². The van der Waals surface area contributed by atoms with Gasteiger partial charge in [-0.1, -0.05) is 18.2 Å². The molecule has 0 unspecified atom stereocenters. The van der Waals surface area contributed by atoms with Gasteiger partial charge in [0.1, 0.15) is 5.58 Å². The maximum absolute atomic E-state index is 12.0. The molecule has 2 rings (SSSR count). The number of furan rings is 1. The number of amides is 1. The molecule has 0 aliphatic carbocycles. The summed E-state index contributed by atoms with van der Waals surface area (Å²) in [4.78, 5) is 23.9. The SMILES string of the molecule is C[C@@H](OC(=O)c1cc2ccccc2o1)C(=O)NC(C)(C)C. The molecule has 1 aromatic heterocycles. The van der Waals surface area contributed by atoms with Crippen LogP contribution in [0.15, 0.2) is 34.7 Å². The lowest BCUT2D eigenvalue weighted by Crippen LogP contribution is -2.46. The van der Waals surface area contributed by atoms with Crippen LogP contribution in [0.4, 0.5) is 0 Å². The Labute approximate surface area is 123 Å². The number of nitrogens with one attached hydrogen (secondary N) is 1. The maximum atomic E-state index is 12.0. The second-order valence-corrected chi connectivity index (χ2v) is 5.94. The number of benzene rings is 1. The van der Waals surface area contributed by atoms with Gasteiger partial charge in [-0.3, -0.25) is 4.79 Å². The molecular formula is C16H19NO4. The lowest BCUT2D eigenvalue weighted by atomic mass is 10.1. The van der Waals surface area contributed by atoms with E-state index in [1.165, 1.54) is 6.92 Å². The predicted octanol–water partition coefficient (Wildman–Crippen LogP) is 2.89. The molecule has 0 bridgehead atoms. The molecule has 0 aliphatic rings. The molecule has 0 radical (unpaired) electrons. The first kappa shape index (κ1) is 15.1. The lowest BCUT2D eigenvalue weighted by molar-refractivity contribution is -0.130. The molecule has 112 valence electrons. The van der Waals surface area contributed by atoms with Gasteiger partial charge in [-0.15, -0.1) is 0 Å². The number of rotatable bonds is 3. The van der Waals surface area contributed by atoms with Gasteiger partial charge in [0.05, 0.1) is 0 Å². The second kappa shape index (κ2) is 5.60. The van der Waals surface area contributed by atoms with Crippen molar-refractivity contribution in [1.29, 1.82) is 0 Å². The number of esters is 1. The van der Waals surface area contributed by atoms with E-state index in [-0.39, 0.29) is 17.2 Å². The molecule has 1 amide bonds. The highest BCUT2D eigenvalue weighted by Gasteiger charge is 2.24. The largest absolute Gasteiger partial charge is 0.449 e. The van der Waals surface area contributed by atoms with E-state index in [9.17, 15) is 9.59 Å². The monoisotopic (exact) mass is 289 g/mol. The van der Waals surface area contributed by atoms with Crippen LogP contribution < -0.4 is 5.32 Å². The molecule has 5 nitrogen and oxygen atoms in total. The highest BCUT2D eigenvalue weighted by atomic mass is 16.6. The average molecular weight is 289 g/mol. The first-order chi connectivity index (χ1) is 9.76. The number of hydrogen-bond acceptors (Lipinski definition) is 4. The smallest absolute Gasteiger partial charge is 0.375 e. The van der Waals surface area contributed by atoms with E-state index in [0.717, 1.165) is 5.39 Å². The summed E-state index contributed by atoms with van der Waals surface area (Å²) in [5.41, 5.74) is 0.230. The van der Waals surface area contributed by atoms with Gasteiger partial charge in [-0.2, -0.15) is 0 Å². The molecule has 21 heavy (non-hydrogen) atoms. The molecular weight excluding hydrogens is 270 g/mol. The molecule has 2 aromatic rings. The summed E-state index contributed by atoms with van der Waals surface area (Å²) >= 11 is 0. The Morgan fingerprint density at radius 3 is 2.52 bits per heavy atom. The van der Waals surface area contributed by atoms with E-state index in [4.69, 9.17) is 9.15 Å². The number of carbonyl (C=O) groups excluding carboxylic acids is 2. The lowest BCUT2D eigenvalue weighted by Gasteiger charge is -2.22. The van der Waals surface area contributed by atoms with Gasteiger partial charge in [-0.25, -0.2) is 4.79 Å². The zero-order valence-corrected chi connectivity index (χ0v) is 12.6. The van der Waals surface area contributed by atoms with E-state index >= 15 is 0 Å². The van der Waals surface area contributed by atoms with Crippen LogP contribution >= 0.6 is 0 Å². The number of fused-ring (bicyclic) bond motifs is 1. The summed E-state index contributed by atoms with van der Waals surface area (Å²) in [5.74, 6) is -0.902. The van der Waals surface area contributed by atoms with Gasteiger partial charge >= 0.3 is 5.97 Å². The van der Waals surface area contributed by atoms with Gasteiger partial charge < -0.3 is 14.5 Å². The minimum atomic E-state index is -0.884. The molecule has 0 saturated carbocycles. The number of hydrogen-bond donors (Lipinski definition) is 1. The highest BCUT2D eigenvalue weighted by Crippen LogP contribution is 2.19. The predicted molar refractivity (Wildman–Crippen MR) is 79.0 cm³/mol. The molecule has 1 atom stereocenters. The Hall–Kier alpha value is -2.30. The third kappa shape index (κ3) is 3.84. The van der Waals surface area contributed by atoms with Gasteiger partial charge in [-0.05, 0) is 39.8 Å². The van der Waals surface area contributed by atoms with Crippen LogP contribution in [0.1, 0.15) is 38.2 Å². The summed E-state index contributed by atoms with van der Waals surface area (Å²) in [5, 5.41) is 3.57. The summed E-state index contributed by atoms with van der Waals surface area (Å²) < 4.78 is 10.5. The number of para-hydroxylation sites is 1. The van der Waals surface area contributed by atoms with E-state index < -0.39 is 12.1 Å². The van der Waals surface area contributed by atoms with Gasteiger partial charge in [0.25, 0.3) is 5.91 Å². The van der Waals surface area contributed by atoms with Crippen molar-refractivity contribution in [2.75, 3.05) is 0 Å². The molecule has 1 heterocycles. The van der Waals surface area contributed by atoms with Crippen molar-refractivity contribution in [1.82, 2.24) is 5.32 Å². The fourth-order valence-electron chi connectivity index (χ4n) is 1.83. The molecule has 1 aromatic carbocycles. The van der Waals surface area contributed by atoms with Crippen molar-refractivity contribution in [3.8, 4) is 0 Å². The van der Waals surface area contributed by atoms with Crippen molar-refractivity contribution in [3.05, 3.63) is 36.1 Å². The van der Waals surface area contributed by atoms with Crippen LogP contribution in [0, 0.1) is 0 Å². The van der Waals surface area contributed by atoms with Crippen molar-refractivity contribution in [3.63, 3.8) is 0 Å². The first-order valence-electron chi connectivity index (χ1n) is 6.78. The zero-order chi connectivity index (χ0) is 15.6. The summed E-state index contributed by atoms with van der Waals surface area (Å²) in [6.45, 7) is 7.11. The van der Waals surface area contributed by atoms with Crippen molar-refractivity contribution in [2.45, 2.75) is 39.3 Å². The molecule has 0 spiro atoms. The maximum Gasteiger partial charge on any atom is 0.375 e. The standard InChI is InChI=1S/C16H19NO4/c1-10(14(18)17-16(2,3)4)20-15(19)13-9-11-7-5-6-8-12(11)21-13/h5-10H,1-4H3,(H,17,18)/t10-/m1/s1. The van der Waals surface area contributed by atoms with Crippen molar-refractivity contribution in [2.24, 2.45) is 0 Å². The molecule has 0 fully saturated rings. The number of ether oxygens (including phenoxy) is 1. The highest BCUT2D eigenvalue weighted by molar-refractivity contribution is 5.94. The molecule has 1 N–H and O–H groups in total. The summed E-state index contributed by atoms with van der Waals surface area (Å²) in [7, 11) is 0. The summed E-state index contributed by atoms with van der Waals surface area (Å²) in [6, 6.07) is 8.88. The Bertz CT molecular complexity index is 633. The average Bonchev–Trinajstić information content (AvgIpc) is 2.80. The Morgan fingerprint density at radius 2 is 1.90 bits per heavy atom. The molecule has 0 aliphatic heterocycles. The molecule has 5 heteroatoms. The topological polar surface area (TPSA) is 68.5 Å². The van der Waals surface area contributed by atoms with E-state index in [0.29, 0.717) is 5.58 Å². The van der Waals surface area contributed by atoms with E-state index in [1.54, 1.807) is 12.1 Å². The minimum Gasteiger partial charge on any atom is -0.449 e. The van der Waals surface area contributed by atoms with Crippen molar-refractivity contribution >= 4 is 22.8 Å². The summed E-state index contributed by atoms with van der Waals surface area (Å²) in [6.07, 6.45) is -0.884. The number of carbonyl (C=O) groups is 2. The molecule has 0 saturated heterocycles. The fourth-order valence-corrected chi connectivity index (χ4v) is 1.83. The third-order valence-corrected chi connectivity index (χ3v) is 2.78. The van der Waals surface area contributed by atoms with Crippen LogP contribution in [0.2, 0.25) is 0 Å². The van der Waals surface area contributed by atoms with Gasteiger partial charge in [0.15, 0.2) is 6.10 Å². The Balaban J connectivity index is 2.05. The minimum absolute atomic E-state index is 0.0895. The van der Waals surface area contributed by atoms with Crippen LogP contribution in [-0.2, 0) is 9.53 Å². The zero-order valence-electron chi connectivity index (χ0n) is 12.6. The third-order valence-electron chi connectivity index (χ3n) is 2.78. The van der Waals surface area contributed by atoms with Crippen molar-refractivity contribution < 1.29 is 18.7 Å². The van der Waals surface area contributed by atoms with Gasteiger partial charge in [0.2, 0.25) is 5.76 Å². The van der Waals surface area contributed by atoms with Crippen LogP contribution in [0.3, 0.4) is 0 Å². The van der Waals surface area contributed by atoms with Crippen LogP contribution in [-0.4, -0.2) is 23.5 Å². The second-order valence-electron chi connectivity index (χ2n) is 5.94. The van der Waals surface area contributed by atoms with Gasteiger partial charge in [0, 0.05) is 10.9 Å². The van der Waals surface area contributed by atoms with Crippen LogP contribution in [0.25, 0.3) is 11.0 Å². The van der Waals surface area contributed by atoms with E-state index in [1.807, 2.05) is 39.0 Å². The Kier molecular flexibility index (Phi) is 4.02. The quantitative estimate of drug-likeness (QED) is 0.882. The normalized spacial score (nSPS) is 13.0. The fraction of sp³-hybridized carbons (Fsp3) is 0.375. The van der Waals surface area contributed by atoms with Crippen LogP contribution in [0.5, 0.6) is 0 Å².